The van der Waals surface area contributed by atoms with Gasteiger partial charge < -0.3 is 9.47 Å². The van der Waals surface area contributed by atoms with Crippen LogP contribution in [0.25, 0.3) is 0 Å². The first kappa shape index (κ1) is 11.8. The lowest BCUT2D eigenvalue weighted by molar-refractivity contribution is -0.303. The molecule has 1 aliphatic rings. The maximum absolute atomic E-state index is 13.2. The van der Waals surface area contributed by atoms with E-state index in [1.54, 1.807) is 0 Å². The summed E-state index contributed by atoms with van der Waals surface area (Å²) in [5, 5.41) is -3.82. The van der Waals surface area contributed by atoms with Gasteiger partial charge in [0.05, 0.1) is 5.69 Å². The number of aliphatic imine (C=N–C) groups is 1. The number of nitrogens with zero attached hydrogens (tertiary/aromatic N) is 1. The smallest absolute Gasteiger partial charge is 0.434 e. The topological polar surface area (TPSA) is 47.9 Å². The molecule has 90 valence electrons. The van der Waals surface area contributed by atoms with Crippen LogP contribution in [0.1, 0.15) is 0 Å². The molecular formula is C9H3ClF3NO3. The van der Waals surface area contributed by atoms with Gasteiger partial charge in [0.1, 0.15) is 0 Å². The van der Waals surface area contributed by atoms with Gasteiger partial charge in [0.15, 0.2) is 11.5 Å². The minimum Gasteiger partial charge on any atom is -0.434 e. The molecular weight excluding hydrogens is 263 g/mol. The second-order valence-electron chi connectivity index (χ2n) is 3.07. The van der Waals surface area contributed by atoms with E-state index in [4.69, 9.17) is 11.6 Å². The average Bonchev–Trinajstić information content (AvgIpc) is 2.20. The van der Waals surface area contributed by atoms with Crippen LogP contribution in [0.15, 0.2) is 23.2 Å². The highest BCUT2D eigenvalue weighted by Gasteiger charge is 2.63. The molecule has 4 nitrogen and oxygen atoms in total. The molecule has 0 N–H and O–H groups in total. The van der Waals surface area contributed by atoms with Gasteiger partial charge in [0.25, 0.3) is 0 Å². The summed E-state index contributed by atoms with van der Waals surface area (Å²) in [6, 6.07) is 3.26. The van der Waals surface area contributed by atoms with Crippen molar-refractivity contribution in [1.29, 1.82) is 0 Å². The Bertz CT molecular complexity index is 514. The number of alkyl halides is 4. The van der Waals surface area contributed by atoms with Crippen molar-refractivity contribution in [3.05, 3.63) is 18.2 Å². The van der Waals surface area contributed by atoms with Gasteiger partial charge in [-0.2, -0.15) is 18.2 Å². The zero-order valence-corrected chi connectivity index (χ0v) is 8.67. The van der Waals surface area contributed by atoms with Gasteiger partial charge in [-0.1, -0.05) is 0 Å². The van der Waals surface area contributed by atoms with Crippen LogP contribution >= 0.6 is 11.6 Å². The molecule has 1 aromatic rings. The van der Waals surface area contributed by atoms with Crippen LogP contribution in [0.5, 0.6) is 11.5 Å². The number of hydrogen-bond donors (Lipinski definition) is 0. The molecule has 2 rings (SSSR count). The normalized spacial score (nSPS) is 24.9. The fraction of sp³-hybridized carbons (Fsp3) is 0.222. The van der Waals surface area contributed by atoms with E-state index in [1.807, 2.05) is 0 Å². The summed E-state index contributed by atoms with van der Waals surface area (Å²) in [5.41, 5.74) is 0.0417. The molecule has 0 saturated heterocycles. The van der Waals surface area contributed by atoms with Gasteiger partial charge >= 0.3 is 11.4 Å². The molecule has 8 heteroatoms. The summed E-state index contributed by atoms with van der Waals surface area (Å²) in [6.07, 6.45) is -3.09. The monoisotopic (exact) mass is 265 g/mol. The molecule has 1 aliphatic heterocycles. The van der Waals surface area contributed by atoms with Gasteiger partial charge in [-0.05, 0) is 23.7 Å². The largest absolute Gasteiger partial charge is 0.488 e. The SMILES string of the molecule is O=C=Nc1ccc2c(c1)O[C@](F)(Cl)C(F)(F)O2. The fourth-order valence-electron chi connectivity index (χ4n) is 1.18. The van der Waals surface area contributed by atoms with Gasteiger partial charge in [-0.3, -0.25) is 0 Å². The van der Waals surface area contributed by atoms with E-state index in [0.717, 1.165) is 12.1 Å². The van der Waals surface area contributed by atoms with Crippen molar-refractivity contribution in [3.63, 3.8) is 0 Å². The van der Waals surface area contributed by atoms with E-state index in [1.165, 1.54) is 12.1 Å². The van der Waals surface area contributed by atoms with Crippen molar-refractivity contribution < 1.29 is 27.4 Å². The van der Waals surface area contributed by atoms with Crippen molar-refractivity contribution >= 4 is 23.4 Å². The summed E-state index contributed by atoms with van der Waals surface area (Å²) in [6.45, 7) is 0. The van der Waals surface area contributed by atoms with Crippen molar-refractivity contribution in [1.82, 2.24) is 0 Å². The predicted molar refractivity (Wildman–Crippen MR) is 50.1 cm³/mol. The first-order valence-corrected chi connectivity index (χ1v) is 4.59. The minimum absolute atomic E-state index is 0.0417. The number of fused-ring (bicyclic) bond motifs is 1. The number of carbonyl (C=O) groups excluding carboxylic acids is 1. The quantitative estimate of drug-likeness (QED) is 0.446. The molecule has 17 heavy (non-hydrogen) atoms. The lowest BCUT2D eigenvalue weighted by atomic mass is 10.2. The molecule has 0 unspecified atom stereocenters. The predicted octanol–water partition coefficient (Wildman–Crippen LogP) is 2.88. The molecule has 1 atom stereocenters. The van der Waals surface area contributed by atoms with E-state index in [0.29, 0.717) is 0 Å². The first-order chi connectivity index (χ1) is 7.86. The molecule has 0 amide bonds. The lowest BCUT2D eigenvalue weighted by Crippen LogP contribution is -2.51. The van der Waals surface area contributed by atoms with Gasteiger partial charge in [-0.25, -0.2) is 4.79 Å². The lowest BCUT2D eigenvalue weighted by Gasteiger charge is -2.33. The van der Waals surface area contributed by atoms with Gasteiger partial charge in [-0.15, -0.1) is 0 Å². The summed E-state index contributed by atoms with van der Waals surface area (Å²) >= 11 is 4.85. The number of isocyanates is 1. The Kier molecular flexibility index (Phi) is 2.52. The number of halogens is 4. The molecule has 0 spiro atoms. The van der Waals surface area contributed by atoms with Crippen LogP contribution in [0, 0.1) is 0 Å². The second kappa shape index (κ2) is 3.65. The number of ether oxygens (including phenoxy) is 2. The van der Waals surface area contributed by atoms with Crippen LogP contribution in [0.4, 0.5) is 18.9 Å². The molecule has 0 bridgehead atoms. The zero-order valence-electron chi connectivity index (χ0n) is 7.92. The van der Waals surface area contributed by atoms with E-state index in [9.17, 15) is 18.0 Å². The highest BCUT2D eigenvalue weighted by atomic mass is 35.5. The first-order valence-electron chi connectivity index (χ1n) is 4.21. The number of rotatable bonds is 1. The summed E-state index contributed by atoms with van der Waals surface area (Å²) in [5.74, 6) is -0.793. The van der Waals surface area contributed by atoms with Crippen LogP contribution in [0.2, 0.25) is 0 Å². The standard InChI is InChI=1S/C9H3ClF3NO3/c10-8(11)9(12,13)17-6-2-1-5(14-4-15)3-7(6)16-8/h1-3H/t8-/m0/s1. The van der Waals surface area contributed by atoms with Crippen LogP contribution in [0.3, 0.4) is 0 Å². The van der Waals surface area contributed by atoms with Crippen molar-refractivity contribution in [2.24, 2.45) is 4.99 Å². The Labute approximate surface area is 97.6 Å². The fourth-order valence-corrected chi connectivity index (χ4v) is 1.30. The van der Waals surface area contributed by atoms with Crippen LogP contribution in [-0.2, 0) is 4.79 Å². The second-order valence-corrected chi connectivity index (χ2v) is 3.56. The Morgan fingerprint density at radius 1 is 1.24 bits per heavy atom. The molecule has 0 saturated carbocycles. The average molecular weight is 266 g/mol. The Hall–Kier alpha value is -1.72. The molecule has 0 aliphatic carbocycles. The van der Waals surface area contributed by atoms with E-state index in [-0.39, 0.29) is 11.4 Å². The Balaban J connectivity index is 2.46. The van der Waals surface area contributed by atoms with Crippen molar-refractivity contribution in [2.45, 2.75) is 11.4 Å². The van der Waals surface area contributed by atoms with Crippen molar-refractivity contribution in [2.75, 3.05) is 0 Å². The molecule has 0 aromatic heterocycles. The van der Waals surface area contributed by atoms with Crippen molar-refractivity contribution in [3.8, 4) is 11.5 Å². The van der Waals surface area contributed by atoms with Gasteiger partial charge in [0.2, 0.25) is 6.08 Å². The summed E-state index contributed by atoms with van der Waals surface area (Å²) < 4.78 is 47.5. The minimum atomic E-state index is -4.32. The van der Waals surface area contributed by atoms with E-state index >= 15 is 0 Å². The van der Waals surface area contributed by atoms with E-state index < -0.39 is 17.2 Å². The molecule has 1 aromatic carbocycles. The molecule has 0 radical (unpaired) electrons. The molecule has 1 heterocycles. The molecule has 0 fully saturated rings. The maximum Gasteiger partial charge on any atom is 0.488 e. The van der Waals surface area contributed by atoms with Gasteiger partial charge in [0, 0.05) is 6.07 Å². The summed E-state index contributed by atoms with van der Waals surface area (Å²) in [7, 11) is 0. The third-order valence-corrected chi connectivity index (χ3v) is 2.21. The van der Waals surface area contributed by atoms with Crippen LogP contribution in [-0.4, -0.2) is 17.5 Å². The van der Waals surface area contributed by atoms with E-state index in [2.05, 4.69) is 14.5 Å². The third kappa shape index (κ3) is 1.94. The Morgan fingerprint density at radius 2 is 1.94 bits per heavy atom. The summed E-state index contributed by atoms with van der Waals surface area (Å²) in [4.78, 5) is 13.2. The zero-order chi connectivity index (χ0) is 12.7. The number of hydrogen-bond acceptors (Lipinski definition) is 4. The third-order valence-electron chi connectivity index (χ3n) is 1.92. The number of benzene rings is 1. The van der Waals surface area contributed by atoms with Crippen LogP contribution < -0.4 is 9.47 Å². The maximum atomic E-state index is 13.2. The highest BCUT2D eigenvalue weighted by molar-refractivity contribution is 6.22. The Morgan fingerprint density at radius 3 is 2.59 bits per heavy atom. The highest BCUT2D eigenvalue weighted by Crippen LogP contribution is 2.48.